The predicted molar refractivity (Wildman–Crippen MR) is 113 cm³/mol. The molecule has 0 heteroatoms. The molecule has 0 saturated heterocycles. The van der Waals surface area contributed by atoms with Crippen molar-refractivity contribution >= 4 is 0 Å². The van der Waals surface area contributed by atoms with Gasteiger partial charge in [0, 0.05) is 0 Å². The zero-order valence-electron chi connectivity index (χ0n) is 18.5. The van der Waals surface area contributed by atoms with Gasteiger partial charge in [0.05, 0.1) is 0 Å². The van der Waals surface area contributed by atoms with Gasteiger partial charge in [-0.05, 0) is 35.5 Å². The summed E-state index contributed by atoms with van der Waals surface area (Å²) in [5.74, 6) is 5.48. The molecule has 5 atom stereocenters. The summed E-state index contributed by atoms with van der Waals surface area (Å²) in [6.45, 7) is 19.5. The smallest absolute Gasteiger partial charge is 0.0334 e. The van der Waals surface area contributed by atoms with Gasteiger partial charge in [-0.15, -0.1) is 0 Å². The molecule has 5 unspecified atom stereocenters. The molecule has 0 aromatic heterocycles. The van der Waals surface area contributed by atoms with E-state index in [0.717, 1.165) is 35.5 Å². The Morgan fingerprint density at radius 3 is 1.33 bits per heavy atom. The third-order valence-electron chi connectivity index (χ3n) is 6.93. The Morgan fingerprint density at radius 1 is 0.542 bits per heavy atom. The molecule has 0 aliphatic carbocycles. The van der Waals surface area contributed by atoms with Crippen LogP contribution in [0.15, 0.2) is 0 Å². The second-order valence-corrected chi connectivity index (χ2v) is 9.02. The summed E-state index contributed by atoms with van der Waals surface area (Å²) in [6.07, 6.45) is 14.0. The zero-order chi connectivity index (χ0) is 18.5. The van der Waals surface area contributed by atoms with Crippen LogP contribution >= 0.6 is 0 Å². The van der Waals surface area contributed by atoms with Crippen LogP contribution < -0.4 is 0 Å². The molecule has 0 N–H and O–H groups in total. The number of unbranched alkanes of at least 4 members (excludes halogenated alkanes) is 1. The lowest BCUT2D eigenvalue weighted by Gasteiger charge is -2.37. The third kappa shape index (κ3) is 9.47. The fourth-order valence-electron chi connectivity index (χ4n) is 4.51. The molecule has 0 aromatic carbocycles. The van der Waals surface area contributed by atoms with Crippen molar-refractivity contribution in [2.45, 2.75) is 120 Å². The number of rotatable bonds is 15. The van der Waals surface area contributed by atoms with Crippen molar-refractivity contribution in [3.8, 4) is 0 Å². The largest absolute Gasteiger partial charge is 0.0654 e. The van der Waals surface area contributed by atoms with Crippen LogP contribution in [0, 0.1) is 35.5 Å². The van der Waals surface area contributed by atoms with Crippen LogP contribution in [0.25, 0.3) is 0 Å². The van der Waals surface area contributed by atoms with Gasteiger partial charge in [-0.3, -0.25) is 0 Å². The molecule has 0 spiro atoms. The van der Waals surface area contributed by atoms with Crippen LogP contribution in [-0.2, 0) is 0 Å². The summed E-state index contributed by atoms with van der Waals surface area (Å²) < 4.78 is 0. The minimum Gasteiger partial charge on any atom is -0.0654 e. The first kappa shape index (κ1) is 24.0. The standard InChI is InChI=1S/C24H50/c1-9-13-14-23(12-4)24(21(7)17-15-19(5)10-2)22(8)18-16-20(6)11-3/h19-24H,9-18H2,1-8H3. The Bertz CT molecular complexity index is 249. The molecule has 0 rings (SSSR count). The fraction of sp³-hybridized carbons (Fsp3) is 1.00. The summed E-state index contributed by atoms with van der Waals surface area (Å²) in [7, 11) is 0. The fourth-order valence-corrected chi connectivity index (χ4v) is 4.51. The molecular weight excluding hydrogens is 288 g/mol. The lowest BCUT2D eigenvalue weighted by atomic mass is 9.68. The summed E-state index contributed by atoms with van der Waals surface area (Å²) in [5, 5.41) is 0. The molecule has 24 heavy (non-hydrogen) atoms. The molecule has 0 aromatic rings. The minimum atomic E-state index is 0.896. The van der Waals surface area contributed by atoms with Gasteiger partial charge in [-0.25, -0.2) is 0 Å². The lowest BCUT2D eigenvalue weighted by molar-refractivity contribution is 0.126. The van der Waals surface area contributed by atoms with Gasteiger partial charge in [-0.2, -0.15) is 0 Å². The van der Waals surface area contributed by atoms with E-state index in [1.807, 2.05) is 0 Å². The highest BCUT2D eigenvalue weighted by Gasteiger charge is 2.30. The first-order chi connectivity index (χ1) is 11.4. The van der Waals surface area contributed by atoms with E-state index < -0.39 is 0 Å². The number of hydrogen-bond donors (Lipinski definition) is 0. The van der Waals surface area contributed by atoms with E-state index in [9.17, 15) is 0 Å². The molecule has 0 amide bonds. The van der Waals surface area contributed by atoms with Crippen LogP contribution in [0.4, 0.5) is 0 Å². The van der Waals surface area contributed by atoms with Crippen molar-refractivity contribution in [1.82, 2.24) is 0 Å². The molecule has 146 valence electrons. The molecule has 0 saturated carbocycles. The van der Waals surface area contributed by atoms with Crippen LogP contribution in [0.2, 0.25) is 0 Å². The maximum atomic E-state index is 2.57. The quantitative estimate of drug-likeness (QED) is 0.280. The van der Waals surface area contributed by atoms with Crippen molar-refractivity contribution in [1.29, 1.82) is 0 Å². The van der Waals surface area contributed by atoms with E-state index in [1.165, 1.54) is 64.2 Å². The van der Waals surface area contributed by atoms with Gasteiger partial charge in [0.1, 0.15) is 0 Å². The van der Waals surface area contributed by atoms with Gasteiger partial charge in [-0.1, -0.05) is 120 Å². The van der Waals surface area contributed by atoms with E-state index >= 15 is 0 Å². The summed E-state index contributed by atoms with van der Waals surface area (Å²) in [5.41, 5.74) is 0. The van der Waals surface area contributed by atoms with E-state index in [2.05, 4.69) is 55.4 Å². The molecule has 0 aliphatic rings. The van der Waals surface area contributed by atoms with Crippen LogP contribution in [0.3, 0.4) is 0 Å². The lowest BCUT2D eigenvalue weighted by Crippen LogP contribution is -2.29. The Hall–Kier alpha value is 0. The highest BCUT2D eigenvalue weighted by Crippen LogP contribution is 2.39. The first-order valence-corrected chi connectivity index (χ1v) is 11.4. The number of hydrogen-bond acceptors (Lipinski definition) is 0. The van der Waals surface area contributed by atoms with Crippen molar-refractivity contribution in [3.05, 3.63) is 0 Å². The second kappa shape index (κ2) is 14.2. The van der Waals surface area contributed by atoms with Gasteiger partial charge in [0.2, 0.25) is 0 Å². The van der Waals surface area contributed by atoms with Crippen molar-refractivity contribution < 1.29 is 0 Å². The summed E-state index contributed by atoms with van der Waals surface area (Å²) in [4.78, 5) is 0. The van der Waals surface area contributed by atoms with Gasteiger partial charge < -0.3 is 0 Å². The minimum absolute atomic E-state index is 0.896. The first-order valence-electron chi connectivity index (χ1n) is 11.4. The molecular formula is C24H50. The summed E-state index contributed by atoms with van der Waals surface area (Å²) in [6, 6.07) is 0. The Morgan fingerprint density at radius 2 is 1.00 bits per heavy atom. The highest BCUT2D eigenvalue weighted by atomic mass is 14.4. The normalized spacial score (nSPS) is 19.5. The van der Waals surface area contributed by atoms with Crippen molar-refractivity contribution in [2.75, 3.05) is 0 Å². The van der Waals surface area contributed by atoms with E-state index in [1.54, 1.807) is 0 Å². The molecule has 0 nitrogen and oxygen atoms in total. The topological polar surface area (TPSA) is 0 Å². The van der Waals surface area contributed by atoms with Gasteiger partial charge in [0.15, 0.2) is 0 Å². The molecule has 0 radical (unpaired) electrons. The molecule has 0 heterocycles. The van der Waals surface area contributed by atoms with E-state index in [-0.39, 0.29) is 0 Å². The van der Waals surface area contributed by atoms with E-state index in [4.69, 9.17) is 0 Å². The SMILES string of the molecule is CCCCC(CC)C(C(C)CCC(C)CC)C(C)CCC(C)CC. The molecule has 0 bridgehead atoms. The van der Waals surface area contributed by atoms with Crippen LogP contribution in [0.1, 0.15) is 120 Å². The van der Waals surface area contributed by atoms with Crippen molar-refractivity contribution in [2.24, 2.45) is 35.5 Å². The Labute approximate surface area is 155 Å². The molecule has 0 fully saturated rings. The average molecular weight is 339 g/mol. The second-order valence-electron chi connectivity index (χ2n) is 9.02. The van der Waals surface area contributed by atoms with Crippen LogP contribution in [0.5, 0.6) is 0 Å². The van der Waals surface area contributed by atoms with Crippen LogP contribution in [-0.4, -0.2) is 0 Å². The maximum absolute atomic E-state index is 2.57. The van der Waals surface area contributed by atoms with Gasteiger partial charge in [0.25, 0.3) is 0 Å². The third-order valence-corrected chi connectivity index (χ3v) is 6.93. The summed E-state index contributed by atoms with van der Waals surface area (Å²) >= 11 is 0. The zero-order valence-corrected chi connectivity index (χ0v) is 18.5. The van der Waals surface area contributed by atoms with Gasteiger partial charge >= 0.3 is 0 Å². The van der Waals surface area contributed by atoms with Crippen molar-refractivity contribution in [3.63, 3.8) is 0 Å². The molecule has 0 aliphatic heterocycles. The maximum Gasteiger partial charge on any atom is -0.0334 e. The predicted octanol–water partition coefficient (Wildman–Crippen LogP) is 8.74. The highest BCUT2D eigenvalue weighted by molar-refractivity contribution is 4.80. The Balaban J connectivity index is 4.89. The Kier molecular flexibility index (Phi) is 14.2. The monoisotopic (exact) mass is 338 g/mol. The van der Waals surface area contributed by atoms with E-state index in [0.29, 0.717) is 0 Å². The average Bonchev–Trinajstić information content (AvgIpc) is 2.60.